The number of rotatable bonds is 7. The van der Waals surface area contributed by atoms with Crippen LogP contribution in [0.5, 0.6) is 0 Å². The summed E-state index contributed by atoms with van der Waals surface area (Å²) in [6, 6.07) is 1.77. The van der Waals surface area contributed by atoms with E-state index in [4.69, 9.17) is 5.11 Å². The second kappa shape index (κ2) is 7.28. The molecule has 0 saturated carbocycles. The van der Waals surface area contributed by atoms with Gasteiger partial charge in [-0.3, -0.25) is 9.89 Å². The summed E-state index contributed by atoms with van der Waals surface area (Å²) in [5.41, 5.74) is 1.39. The maximum Gasteiger partial charge on any atom is 0.272 e. The quantitative estimate of drug-likeness (QED) is 0.704. The van der Waals surface area contributed by atoms with Crippen LogP contribution in [0.2, 0.25) is 0 Å². The lowest BCUT2D eigenvalue weighted by atomic mass is 10.0. The van der Waals surface area contributed by atoms with Gasteiger partial charge in [-0.25, -0.2) is 0 Å². The van der Waals surface area contributed by atoms with Gasteiger partial charge in [0.05, 0.1) is 0 Å². The number of nitrogens with one attached hydrogen (secondary N) is 2. The maximum absolute atomic E-state index is 12.1. The molecule has 0 aromatic carbocycles. The Morgan fingerprint density at radius 2 is 2.11 bits per heavy atom. The molecule has 0 aliphatic rings. The fourth-order valence-electron chi connectivity index (χ4n) is 1.98. The monoisotopic (exact) mass is 267 g/mol. The van der Waals surface area contributed by atoms with Crippen LogP contribution in [-0.4, -0.2) is 33.9 Å². The number of hydrogen-bond donors (Lipinski definition) is 3. The number of H-pyrrole nitrogens is 1. The van der Waals surface area contributed by atoms with E-state index in [1.807, 2.05) is 13.8 Å². The van der Waals surface area contributed by atoms with Crippen molar-refractivity contribution in [3.8, 4) is 0 Å². The first-order chi connectivity index (χ1) is 8.93. The summed E-state index contributed by atoms with van der Waals surface area (Å²) in [5, 5.41) is 18.9. The lowest BCUT2D eigenvalue weighted by Crippen LogP contribution is -2.39. The Bertz CT molecular complexity index is 399. The second-order valence-corrected chi connectivity index (χ2v) is 5.71. The van der Waals surface area contributed by atoms with Crippen molar-refractivity contribution in [2.45, 2.75) is 46.6 Å². The molecule has 0 aliphatic carbocycles. The standard InChI is InChI=1S/C14H25N3O2/c1-9(2)7-11-8-13(17-16-11)14(19)15-12(5-6-18)10(3)4/h8-10,12,18H,5-7H2,1-4H3,(H,15,19)(H,16,17). The van der Waals surface area contributed by atoms with Gasteiger partial charge in [-0.1, -0.05) is 27.7 Å². The van der Waals surface area contributed by atoms with Gasteiger partial charge >= 0.3 is 0 Å². The number of carbonyl (C=O) groups excluding carboxylic acids is 1. The summed E-state index contributed by atoms with van der Waals surface area (Å²) in [6.45, 7) is 8.36. The van der Waals surface area contributed by atoms with Gasteiger partial charge in [0.15, 0.2) is 0 Å². The van der Waals surface area contributed by atoms with Crippen molar-refractivity contribution in [1.29, 1.82) is 0 Å². The van der Waals surface area contributed by atoms with E-state index >= 15 is 0 Å². The largest absolute Gasteiger partial charge is 0.396 e. The number of aromatic amines is 1. The first-order valence-electron chi connectivity index (χ1n) is 6.90. The van der Waals surface area contributed by atoms with Crippen molar-refractivity contribution in [3.63, 3.8) is 0 Å². The van der Waals surface area contributed by atoms with Crippen molar-refractivity contribution < 1.29 is 9.90 Å². The number of aromatic nitrogens is 2. The molecular weight excluding hydrogens is 242 g/mol. The Morgan fingerprint density at radius 1 is 1.42 bits per heavy atom. The number of amides is 1. The fourth-order valence-corrected chi connectivity index (χ4v) is 1.98. The molecule has 1 heterocycles. The van der Waals surface area contributed by atoms with Gasteiger partial charge in [0.1, 0.15) is 5.69 Å². The second-order valence-electron chi connectivity index (χ2n) is 5.71. The normalized spacial score (nSPS) is 13.0. The Morgan fingerprint density at radius 3 is 2.63 bits per heavy atom. The highest BCUT2D eigenvalue weighted by Gasteiger charge is 2.18. The molecule has 0 saturated heterocycles. The van der Waals surface area contributed by atoms with E-state index in [1.54, 1.807) is 6.07 Å². The number of aliphatic hydroxyl groups excluding tert-OH is 1. The SMILES string of the molecule is CC(C)Cc1cc(C(=O)NC(CCO)C(C)C)n[nH]1. The third-order valence-electron chi connectivity index (χ3n) is 3.05. The van der Waals surface area contributed by atoms with Crippen molar-refractivity contribution >= 4 is 5.91 Å². The molecule has 1 aromatic rings. The molecule has 1 unspecified atom stereocenters. The topological polar surface area (TPSA) is 78.0 Å². The zero-order chi connectivity index (χ0) is 14.4. The molecular formula is C14H25N3O2. The Hall–Kier alpha value is -1.36. The van der Waals surface area contributed by atoms with Gasteiger partial charge in [0.25, 0.3) is 5.91 Å². The smallest absolute Gasteiger partial charge is 0.272 e. The summed E-state index contributed by atoms with van der Waals surface area (Å²) in [4.78, 5) is 12.1. The number of carbonyl (C=O) groups is 1. The molecule has 0 radical (unpaired) electrons. The van der Waals surface area contributed by atoms with Crippen molar-refractivity contribution in [2.75, 3.05) is 6.61 Å². The van der Waals surface area contributed by atoms with Crippen molar-refractivity contribution in [1.82, 2.24) is 15.5 Å². The predicted octanol–water partition coefficient (Wildman–Crippen LogP) is 1.74. The van der Waals surface area contributed by atoms with Crippen molar-refractivity contribution in [2.24, 2.45) is 11.8 Å². The average molecular weight is 267 g/mol. The van der Waals surface area contributed by atoms with Crippen LogP contribution in [0, 0.1) is 11.8 Å². The number of hydrogen-bond acceptors (Lipinski definition) is 3. The molecule has 0 bridgehead atoms. The van der Waals surface area contributed by atoms with Gasteiger partial charge < -0.3 is 10.4 Å². The number of nitrogens with zero attached hydrogens (tertiary/aromatic N) is 1. The average Bonchev–Trinajstić information content (AvgIpc) is 2.75. The van der Waals surface area contributed by atoms with Gasteiger partial charge in [-0.2, -0.15) is 5.10 Å². The van der Waals surface area contributed by atoms with Gasteiger partial charge in [0, 0.05) is 18.3 Å². The first-order valence-corrected chi connectivity index (χ1v) is 6.90. The van der Waals surface area contributed by atoms with Crippen molar-refractivity contribution in [3.05, 3.63) is 17.5 Å². The summed E-state index contributed by atoms with van der Waals surface area (Å²) in [7, 11) is 0. The van der Waals surface area contributed by atoms with E-state index in [1.165, 1.54) is 0 Å². The van der Waals surface area contributed by atoms with Crippen LogP contribution in [-0.2, 0) is 6.42 Å². The van der Waals surface area contributed by atoms with Gasteiger partial charge in [-0.15, -0.1) is 0 Å². The molecule has 1 atom stereocenters. The summed E-state index contributed by atoms with van der Waals surface area (Å²) in [6.07, 6.45) is 1.44. The van der Waals surface area contributed by atoms with E-state index in [9.17, 15) is 4.79 Å². The van der Waals surface area contributed by atoms with Crippen LogP contribution in [0.1, 0.15) is 50.3 Å². The zero-order valence-corrected chi connectivity index (χ0v) is 12.2. The van der Waals surface area contributed by atoms with Crippen LogP contribution in [0.25, 0.3) is 0 Å². The molecule has 0 fully saturated rings. The van der Waals surface area contributed by atoms with E-state index in [-0.39, 0.29) is 24.5 Å². The highest BCUT2D eigenvalue weighted by atomic mass is 16.3. The van der Waals surface area contributed by atoms with Crippen LogP contribution in [0.15, 0.2) is 6.07 Å². The minimum Gasteiger partial charge on any atom is -0.396 e. The van der Waals surface area contributed by atoms with Crippen LogP contribution in [0.3, 0.4) is 0 Å². The highest BCUT2D eigenvalue weighted by molar-refractivity contribution is 5.92. The zero-order valence-electron chi connectivity index (χ0n) is 12.2. The molecule has 5 nitrogen and oxygen atoms in total. The summed E-state index contributed by atoms with van der Waals surface area (Å²) < 4.78 is 0. The third-order valence-corrected chi connectivity index (χ3v) is 3.05. The van der Waals surface area contributed by atoms with Crippen LogP contribution in [0.4, 0.5) is 0 Å². The van der Waals surface area contributed by atoms with E-state index in [0.717, 1.165) is 12.1 Å². The lowest BCUT2D eigenvalue weighted by molar-refractivity contribution is 0.0911. The molecule has 0 spiro atoms. The molecule has 5 heteroatoms. The predicted molar refractivity (Wildman–Crippen MR) is 74.9 cm³/mol. The third kappa shape index (κ3) is 5.03. The molecule has 19 heavy (non-hydrogen) atoms. The molecule has 1 amide bonds. The Labute approximate surface area is 114 Å². The molecule has 1 aromatic heterocycles. The van der Waals surface area contributed by atoms with Crippen LogP contribution < -0.4 is 5.32 Å². The Kier molecular flexibility index (Phi) is 6.02. The number of aliphatic hydroxyl groups is 1. The van der Waals surface area contributed by atoms with Gasteiger partial charge in [0.2, 0.25) is 0 Å². The minimum atomic E-state index is -0.182. The maximum atomic E-state index is 12.1. The fraction of sp³-hybridized carbons (Fsp3) is 0.714. The highest BCUT2D eigenvalue weighted by Crippen LogP contribution is 2.09. The lowest BCUT2D eigenvalue weighted by Gasteiger charge is -2.20. The summed E-state index contributed by atoms with van der Waals surface area (Å²) in [5.74, 6) is 0.623. The van der Waals surface area contributed by atoms with E-state index in [0.29, 0.717) is 18.0 Å². The molecule has 3 N–H and O–H groups in total. The molecule has 108 valence electrons. The van der Waals surface area contributed by atoms with Crippen LogP contribution >= 0.6 is 0 Å². The Balaban J connectivity index is 2.64. The van der Waals surface area contributed by atoms with E-state index < -0.39 is 0 Å². The van der Waals surface area contributed by atoms with E-state index in [2.05, 4.69) is 29.4 Å². The summed E-state index contributed by atoms with van der Waals surface area (Å²) >= 11 is 0. The van der Waals surface area contributed by atoms with Gasteiger partial charge in [-0.05, 0) is 30.7 Å². The molecule has 0 aliphatic heterocycles. The molecule has 1 rings (SSSR count). The minimum absolute atomic E-state index is 0.0252. The first kappa shape index (κ1) is 15.7.